The van der Waals surface area contributed by atoms with E-state index in [0.29, 0.717) is 15.4 Å². The third-order valence-electron chi connectivity index (χ3n) is 6.72. The number of rotatable bonds is 5. The van der Waals surface area contributed by atoms with Crippen LogP contribution in [0.4, 0.5) is 0 Å². The predicted octanol–water partition coefficient (Wildman–Crippen LogP) is 1.38. The second-order valence-corrected chi connectivity index (χ2v) is 10.5. The molecule has 0 spiro atoms. The zero-order chi connectivity index (χ0) is 23.7. The monoisotopic (exact) mass is 458 g/mol. The minimum absolute atomic E-state index is 0.0352. The lowest BCUT2D eigenvalue weighted by Crippen LogP contribution is -2.71. The first-order valence-electron chi connectivity index (χ1n) is 10.5. The molecule has 0 radical (unpaired) electrons. The summed E-state index contributed by atoms with van der Waals surface area (Å²) in [6.45, 7) is 10.4. The van der Waals surface area contributed by atoms with E-state index in [-0.39, 0.29) is 23.4 Å². The first-order chi connectivity index (χ1) is 14.9. The van der Waals surface area contributed by atoms with Crippen LogP contribution in [0.5, 0.6) is 0 Å². The smallest absolute Gasteiger partial charge is 0.274 e. The van der Waals surface area contributed by atoms with Gasteiger partial charge < -0.3 is 5.11 Å². The number of nitrogens with zero attached hydrogens (tertiary/aromatic N) is 2. The van der Waals surface area contributed by atoms with Crippen LogP contribution in [0.3, 0.4) is 0 Å². The number of benzene rings is 1. The summed E-state index contributed by atoms with van der Waals surface area (Å²) in [5, 5.41) is 11.6. The Kier molecular flexibility index (Phi) is 4.98. The van der Waals surface area contributed by atoms with Crippen LogP contribution in [0.15, 0.2) is 41.3 Å². The highest BCUT2D eigenvalue weighted by Gasteiger charge is 2.72. The fourth-order valence-corrected chi connectivity index (χ4v) is 7.59. The Morgan fingerprint density at radius 1 is 1.12 bits per heavy atom. The summed E-state index contributed by atoms with van der Waals surface area (Å²) >= 11 is 0. The van der Waals surface area contributed by atoms with Crippen molar-refractivity contribution in [2.45, 2.75) is 50.7 Å². The van der Waals surface area contributed by atoms with Crippen LogP contribution in [-0.2, 0) is 24.4 Å². The standard InChI is InChI=1S/C23H26N2O6S/c1-6-8-15-11-16-17-18(21(27)24(7-2)20(17)26)23(15,29)22(28)25(16)32(30,31)19-13(4)9-12(3)10-14(19)5/h6,9-11,16-18,29H,1,7-8H2,2-5H3. The van der Waals surface area contributed by atoms with Gasteiger partial charge in [0.15, 0.2) is 5.60 Å². The maximum Gasteiger partial charge on any atom is 0.274 e. The summed E-state index contributed by atoms with van der Waals surface area (Å²) in [7, 11) is -4.43. The summed E-state index contributed by atoms with van der Waals surface area (Å²) in [5.41, 5.74) is -0.442. The van der Waals surface area contributed by atoms with Gasteiger partial charge in [0.1, 0.15) is 0 Å². The molecule has 5 rings (SSSR count). The summed E-state index contributed by atoms with van der Waals surface area (Å²) in [5.74, 6) is -4.84. The number of piperidine rings is 1. The van der Waals surface area contributed by atoms with E-state index < -0.39 is 51.2 Å². The molecule has 2 fully saturated rings. The zero-order valence-electron chi connectivity index (χ0n) is 18.5. The van der Waals surface area contributed by atoms with E-state index >= 15 is 0 Å². The summed E-state index contributed by atoms with van der Waals surface area (Å²) in [6.07, 6.45) is 3.01. The Morgan fingerprint density at radius 2 is 1.72 bits per heavy atom. The average Bonchev–Trinajstić information content (AvgIpc) is 2.94. The Labute approximate surface area is 187 Å². The van der Waals surface area contributed by atoms with Gasteiger partial charge in [0.05, 0.1) is 22.8 Å². The highest BCUT2D eigenvalue weighted by molar-refractivity contribution is 7.89. The molecule has 3 aliphatic heterocycles. The number of amides is 3. The van der Waals surface area contributed by atoms with Crippen molar-refractivity contribution in [1.29, 1.82) is 0 Å². The Bertz CT molecular complexity index is 1190. The van der Waals surface area contributed by atoms with Gasteiger partial charge in [-0.05, 0) is 50.8 Å². The van der Waals surface area contributed by atoms with Crippen molar-refractivity contribution < 1.29 is 27.9 Å². The fraction of sp³-hybridized carbons (Fsp3) is 0.435. The largest absolute Gasteiger partial charge is 0.375 e. The number of allylic oxidation sites excluding steroid dienone is 1. The van der Waals surface area contributed by atoms with E-state index in [1.165, 1.54) is 12.2 Å². The number of imide groups is 1. The summed E-state index contributed by atoms with van der Waals surface area (Å²) in [4.78, 5) is 40.7. The van der Waals surface area contributed by atoms with Gasteiger partial charge in [-0.15, -0.1) is 6.58 Å². The van der Waals surface area contributed by atoms with Crippen LogP contribution < -0.4 is 0 Å². The van der Waals surface area contributed by atoms with Crippen molar-refractivity contribution in [3.63, 3.8) is 0 Å². The second-order valence-electron chi connectivity index (χ2n) is 8.70. The van der Waals surface area contributed by atoms with E-state index in [9.17, 15) is 27.9 Å². The fourth-order valence-electron chi connectivity index (χ4n) is 5.59. The van der Waals surface area contributed by atoms with E-state index in [2.05, 4.69) is 6.58 Å². The van der Waals surface area contributed by atoms with Crippen LogP contribution in [0, 0.1) is 32.6 Å². The van der Waals surface area contributed by atoms with E-state index in [1.807, 2.05) is 6.92 Å². The van der Waals surface area contributed by atoms with Crippen molar-refractivity contribution >= 4 is 27.7 Å². The molecule has 0 saturated carbocycles. The molecule has 4 unspecified atom stereocenters. The second kappa shape index (κ2) is 7.11. The molecule has 8 nitrogen and oxygen atoms in total. The van der Waals surface area contributed by atoms with Crippen LogP contribution in [0.25, 0.3) is 0 Å². The van der Waals surface area contributed by atoms with Crippen LogP contribution >= 0.6 is 0 Å². The predicted molar refractivity (Wildman–Crippen MR) is 116 cm³/mol. The molecule has 32 heavy (non-hydrogen) atoms. The van der Waals surface area contributed by atoms with Crippen molar-refractivity contribution in [1.82, 2.24) is 9.21 Å². The van der Waals surface area contributed by atoms with Crippen molar-refractivity contribution in [2.75, 3.05) is 6.54 Å². The van der Waals surface area contributed by atoms with Gasteiger partial charge in [-0.2, -0.15) is 0 Å². The van der Waals surface area contributed by atoms with Crippen LogP contribution in [-0.4, -0.2) is 58.6 Å². The molecule has 1 aromatic carbocycles. The third kappa shape index (κ3) is 2.64. The lowest BCUT2D eigenvalue weighted by atomic mass is 9.63. The normalized spacial score (nSPS) is 29.5. The summed E-state index contributed by atoms with van der Waals surface area (Å²) in [6, 6.07) is 2.20. The molecule has 0 aromatic heterocycles. The van der Waals surface area contributed by atoms with Crippen LogP contribution in [0.2, 0.25) is 0 Å². The molecule has 170 valence electrons. The molecule has 4 atom stereocenters. The van der Waals surface area contributed by atoms with Crippen molar-refractivity contribution in [3.05, 3.63) is 53.1 Å². The number of aliphatic hydroxyl groups is 1. The first kappa shape index (κ1) is 22.4. The average molecular weight is 459 g/mol. The van der Waals surface area contributed by atoms with E-state index in [4.69, 9.17) is 0 Å². The molecular weight excluding hydrogens is 432 g/mol. The number of hydrogen-bond donors (Lipinski definition) is 1. The highest BCUT2D eigenvalue weighted by atomic mass is 32.2. The first-order valence-corrected chi connectivity index (χ1v) is 11.9. The van der Waals surface area contributed by atoms with Gasteiger partial charge in [-0.3, -0.25) is 19.3 Å². The van der Waals surface area contributed by atoms with Gasteiger partial charge in [0, 0.05) is 6.54 Å². The summed E-state index contributed by atoms with van der Waals surface area (Å²) < 4.78 is 28.2. The quantitative estimate of drug-likeness (QED) is 0.527. The SMILES string of the molecule is C=CCC1=CC2C3C(=O)N(CC)C(=O)C3C1(O)C(=O)N2S(=O)(=O)c1c(C)cc(C)cc1C. The van der Waals surface area contributed by atoms with Crippen molar-refractivity contribution in [2.24, 2.45) is 11.8 Å². The zero-order valence-corrected chi connectivity index (χ0v) is 19.3. The lowest BCUT2D eigenvalue weighted by Gasteiger charge is -2.51. The Morgan fingerprint density at radius 3 is 2.25 bits per heavy atom. The number of carbonyl (C=O) groups excluding carboxylic acids is 3. The maximum absolute atomic E-state index is 13.8. The van der Waals surface area contributed by atoms with E-state index in [1.54, 1.807) is 32.9 Å². The number of carbonyl (C=O) groups is 3. The van der Waals surface area contributed by atoms with Gasteiger partial charge in [-0.1, -0.05) is 29.8 Å². The van der Waals surface area contributed by atoms with Gasteiger partial charge in [0.25, 0.3) is 15.9 Å². The Balaban J connectivity index is 1.96. The molecule has 1 aliphatic carbocycles. The van der Waals surface area contributed by atoms with E-state index in [0.717, 1.165) is 10.5 Å². The molecular formula is C23H26N2O6S. The maximum atomic E-state index is 13.8. The Hall–Kier alpha value is -2.78. The number of aryl methyl sites for hydroxylation is 3. The van der Waals surface area contributed by atoms with Crippen molar-refractivity contribution in [3.8, 4) is 0 Å². The number of sulfonamides is 1. The van der Waals surface area contributed by atoms with Gasteiger partial charge in [-0.25, -0.2) is 12.7 Å². The minimum Gasteiger partial charge on any atom is -0.375 e. The molecule has 2 saturated heterocycles. The van der Waals surface area contributed by atoms with Gasteiger partial charge in [0.2, 0.25) is 11.8 Å². The number of likely N-dealkylation sites (tertiary alicyclic amines) is 1. The lowest BCUT2D eigenvalue weighted by molar-refractivity contribution is -0.167. The van der Waals surface area contributed by atoms with Gasteiger partial charge >= 0.3 is 0 Å². The third-order valence-corrected chi connectivity index (χ3v) is 8.81. The van der Waals surface area contributed by atoms with Crippen LogP contribution in [0.1, 0.15) is 30.0 Å². The molecule has 3 heterocycles. The highest BCUT2D eigenvalue weighted by Crippen LogP contribution is 2.53. The molecule has 2 bridgehead atoms. The minimum atomic E-state index is -4.43. The topological polar surface area (TPSA) is 112 Å². The molecule has 3 amide bonds. The number of fused-ring (bicyclic) bond motifs is 1. The molecule has 1 aromatic rings. The number of hydrogen-bond acceptors (Lipinski definition) is 6. The molecule has 9 heteroatoms. The molecule has 1 N–H and O–H groups in total. The molecule has 4 aliphatic rings.